The zero-order valence-electron chi connectivity index (χ0n) is 10.2. The summed E-state index contributed by atoms with van der Waals surface area (Å²) in [5.74, 6) is 0.661. The summed E-state index contributed by atoms with van der Waals surface area (Å²) in [6.07, 6.45) is 0. The number of anilines is 1. The topological polar surface area (TPSA) is 59.6 Å². The van der Waals surface area contributed by atoms with Gasteiger partial charge in [-0.05, 0) is 28.9 Å². The number of hydrogen-bond donors (Lipinski definition) is 2. The van der Waals surface area contributed by atoms with Crippen LogP contribution in [0.4, 0.5) is 5.82 Å². The van der Waals surface area contributed by atoms with Gasteiger partial charge in [0.25, 0.3) is 0 Å². The number of nitrogens with two attached hydrogens (primary N) is 1. The summed E-state index contributed by atoms with van der Waals surface area (Å²) < 4.78 is 2.74. The molecule has 0 saturated carbocycles. The lowest BCUT2D eigenvalue weighted by Gasteiger charge is -1.97. The van der Waals surface area contributed by atoms with Gasteiger partial charge in [-0.3, -0.25) is 4.68 Å². The quantitative estimate of drug-likeness (QED) is 0.725. The van der Waals surface area contributed by atoms with Crippen molar-refractivity contribution < 1.29 is 0 Å². The van der Waals surface area contributed by atoms with Crippen molar-refractivity contribution in [3.8, 4) is 11.3 Å². The molecule has 2 aromatic heterocycles. The molecule has 0 aliphatic carbocycles. The second kappa shape index (κ2) is 3.88. The average Bonchev–Trinajstić information content (AvgIpc) is 2.81. The molecule has 18 heavy (non-hydrogen) atoms. The molecule has 3 N–H and O–H groups in total. The summed E-state index contributed by atoms with van der Waals surface area (Å²) in [6.45, 7) is 2.05. The number of hydrogen-bond acceptors (Lipinski definition) is 2. The first kappa shape index (κ1) is 11.3. The first-order valence-corrected chi connectivity index (χ1v) is 6.44. The number of aromatic nitrogens is 3. The third-order valence-corrected chi connectivity index (χ3v) is 3.80. The number of fused-ring (bicyclic) bond motifs is 1. The minimum Gasteiger partial charge on any atom is -0.384 e. The van der Waals surface area contributed by atoms with Crippen LogP contribution >= 0.6 is 15.9 Å². The molecule has 0 radical (unpaired) electrons. The predicted octanol–water partition coefficient (Wildman–Crippen LogP) is 3.22. The molecule has 3 aromatic rings. The highest BCUT2D eigenvalue weighted by atomic mass is 79.9. The van der Waals surface area contributed by atoms with E-state index in [0.717, 1.165) is 32.3 Å². The molecular formula is C13H13BrN4. The van der Waals surface area contributed by atoms with E-state index in [1.54, 1.807) is 4.68 Å². The molecule has 0 unspecified atom stereocenters. The molecule has 2 heterocycles. The normalized spacial score (nSPS) is 11.3. The van der Waals surface area contributed by atoms with E-state index < -0.39 is 0 Å². The fourth-order valence-electron chi connectivity index (χ4n) is 2.25. The number of nitrogens with one attached hydrogen (secondary N) is 1. The average molecular weight is 305 g/mol. The minimum absolute atomic E-state index is 0.661. The van der Waals surface area contributed by atoms with Gasteiger partial charge in [-0.25, -0.2) is 0 Å². The monoisotopic (exact) mass is 304 g/mol. The Hall–Kier alpha value is -1.75. The van der Waals surface area contributed by atoms with Crippen LogP contribution in [0.3, 0.4) is 0 Å². The Kier molecular flexibility index (Phi) is 2.45. The molecule has 3 rings (SSSR count). The van der Waals surface area contributed by atoms with Crippen molar-refractivity contribution in [3.05, 3.63) is 34.4 Å². The zero-order chi connectivity index (χ0) is 12.9. The lowest BCUT2D eigenvalue weighted by atomic mass is 10.1. The smallest absolute Gasteiger partial charge is 0.121 e. The fourth-order valence-corrected chi connectivity index (χ4v) is 2.71. The van der Waals surface area contributed by atoms with Crippen molar-refractivity contribution in [2.75, 3.05) is 5.73 Å². The number of nitrogens with zero attached hydrogens (tertiary/aromatic N) is 2. The molecule has 0 atom stereocenters. The van der Waals surface area contributed by atoms with E-state index in [9.17, 15) is 0 Å². The third kappa shape index (κ3) is 1.54. The maximum Gasteiger partial charge on any atom is 0.121 e. The van der Waals surface area contributed by atoms with E-state index in [1.165, 1.54) is 0 Å². The molecule has 0 aliphatic rings. The number of halogens is 1. The van der Waals surface area contributed by atoms with Gasteiger partial charge in [-0.15, -0.1) is 0 Å². The molecule has 0 fully saturated rings. The lowest BCUT2D eigenvalue weighted by molar-refractivity contribution is 0.782. The third-order valence-electron chi connectivity index (χ3n) is 3.14. The van der Waals surface area contributed by atoms with Crippen molar-refractivity contribution in [1.82, 2.24) is 14.8 Å². The molecule has 0 saturated heterocycles. The second-order valence-electron chi connectivity index (χ2n) is 4.37. The van der Waals surface area contributed by atoms with Gasteiger partial charge in [0.15, 0.2) is 0 Å². The van der Waals surface area contributed by atoms with Crippen LogP contribution in [0, 0.1) is 6.92 Å². The van der Waals surface area contributed by atoms with Gasteiger partial charge in [0.05, 0.1) is 11.2 Å². The Labute approximate surface area is 113 Å². The number of H-pyrrole nitrogens is 1. The Morgan fingerprint density at radius 2 is 2.17 bits per heavy atom. The van der Waals surface area contributed by atoms with Crippen LogP contribution in [0.1, 0.15) is 5.69 Å². The van der Waals surface area contributed by atoms with Crippen LogP contribution in [0.5, 0.6) is 0 Å². The molecule has 0 amide bonds. The van der Waals surface area contributed by atoms with Crippen molar-refractivity contribution in [1.29, 1.82) is 0 Å². The van der Waals surface area contributed by atoms with Crippen molar-refractivity contribution >= 4 is 32.7 Å². The Bertz CT molecular complexity index is 719. The second-order valence-corrected chi connectivity index (χ2v) is 5.22. The first-order chi connectivity index (χ1) is 8.58. The fraction of sp³-hybridized carbons (Fsp3) is 0.154. The highest BCUT2D eigenvalue weighted by molar-refractivity contribution is 9.10. The van der Waals surface area contributed by atoms with Gasteiger partial charge in [0.2, 0.25) is 0 Å². The summed E-state index contributed by atoms with van der Waals surface area (Å²) in [5, 5.41) is 5.60. The molecule has 5 heteroatoms. The first-order valence-electron chi connectivity index (χ1n) is 5.64. The standard InChI is InChI=1S/C13H13BrN4/c1-7-12(10-6-11(15)18(2)17-10)8-4-3-5-9(14)13(8)16-7/h3-6,16H,15H2,1-2H3. The summed E-state index contributed by atoms with van der Waals surface area (Å²) in [5.41, 5.74) is 10.0. The zero-order valence-corrected chi connectivity index (χ0v) is 11.7. The van der Waals surface area contributed by atoms with Crippen molar-refractivity contribution in [3.63, 3.8) is 0 Å². The maximum atomic E-state index is 5.85. The Morgan fingerprint density at radius 3 is 2.83 bits per heavy atom. The number of aryl methyl sites for hydroxylation is 2. The van der Waals surface area contributed by atoms with Gasteiger partial charge >= 0.3 is 0 Å². The molecule has 92 valence electrons. The van der Waals surface area contributed by atoms with Gasteiger partial charge in [0.1, 0.15) is 5.82 Å². The number of benzene rings is 1. The molecular weight excluding hydrogens is 292 g/mol. The van der Waals surface area contributed by atoms with Gasteiger partial charge in [0, 0.05) is 34.2 Å². The van der Waals surface area contributed by atoms with Gasteiger partial charge in [-0.1, -0.05) is 12.1 Å². The van der Waals surface area contributed by atoms with Crippen LogP contribution in [0.25, 0.3) is 22.2 Å². The van der Waals surface area contributed by atoms with Crippen LogP contribution < -0.4 is 5.73 Å². The van der Waals surface area contributed by atoms with Gasteiger partial charge in [-0.2, -0.15) is 5.10 Å². The van der Waals surface area contributed by atoms with Gasteiger partial charge < -0.3 is 10.7 Å². The van der Waals surface area contributed by atoms with E-state index in [4.69, 9.17) is 5.73 Å². The van der Waals surface area contributed by atoms with Crippen LogP contribution in [-0.2, 0) is 7.05 Å². The number of nitrogen functional groups attached to an aromatic ring is 1. The van der Waals surface area contributed by atoms with Crippen molar-refractivity contribution in [2.24, 2.45) is 7.05 Å². The maximum absolute atomic E-state index is 5.85. The largest absolute Gasteiger partial charge is 0.384 e. The summed E-state index contributed by atoms with van der Waals surface area (Å²) in [6, 6.07) is 8.03. The molecule has 1 aromatic carbocycles. The molecule has 0 spiro atoms. The Morgan fingerprint density at radius 1 is 1.39 bits per heavy atom. The minimum atomic E-state index is 0.661. The van der Waals surface area contributed by atoms with E-state index in [1.807, 2.05) is 32.2 Å². The lowest BCUT2D eigenvalue weighted by Crippen LogP contribution is -1.96. The summed E-state index contributed by atoms with van der Waals surface area (Å²) in [7, 11) is 1.85. The number of para-hydroxylation sites is 1. The van der Waals surface area contributed by atoms with Crippen LogP contribution in [0.2, 0.25) is 0 Å². The van der Waals surface area contributed by atoms with E-state index >= 15 is 0 Å². The molecule has 4 nitrogen and oxygen atoms in total. The van der Waals surface area contributed by atoms with Crippen molar-refractivity contribution in [2.45, 2.75) is 6.92 Å². The number of rotatable bonds is 1. The van der Waals surface area contributed by atoms with Crippen LogP contribution in [-0.4, -0.2) is 14.8 Å². The molecule has 0 bridgehead atoms. The highest BCUT2D eigenvalue weighted by Crippen LogP contribution is 2.34. The summed E-state index contributed by atoms with van der Waals surface area (Å²) >= 11 is 3.56. The highest BCUT2D eigenvalue weighted by Gasteiger charge is 2.15. The van der Waals surface area contributed by atoms with Crippen LogP contribution in [0.15, 0.2) is 28.7 Å². The molecule has 0 aliphatic heterocycles. The van der Waals surface area contributed by atoms with E-state index in [-0.39, 0.29) is 0 Å². The SMILES string of the molecule is Cc1[nH]c2c(Br)cccc2c1-c1cc(N)n(C)n1. The number of aromatic amines is 1. The Balaban J connectivity index is 2.35. The predicted molar refractivity (Wildman–Crippen MR) is 77.4 cm³/mol. The van der Waals surface area contributed by atoms with E-state index in [2.05, 4.69) is 32.1 Å². The summed E-state index contributed by atoms with van der Waals surface area (Å²) in [4.78, 5) is 3.39. The van der Waals surface area contributed by atoms with E-state index in [0.29, 0.717) is 5.82 Å².